The summed E-state index contributed by atoms with van der Waals surface area (Å²) in [6.45, 7) is -0.125. The second-order valence-corrected chi connectivity index (χ2v) is 9.97. The Morgan fingerprint density at radius 2 is 2.06 bits per heavy atom. The zero-order valence-corrected chi connectivity index (χ0v) is 18.6. The van der Waals surface area contributed by atoms with Crippen LogP contribution < -0.4 is 10.0 Å². The molecule has 2 aliphatic rings. The van der Waals surface area contributed by atoms with Crippen molar-refractivity contribution in [3.63, 3.8) is 0 Å². The molecule has 1 saturated carbocycles. The first kappa shape index (κ1) is 21.3. The molecule has 32 heavy (non-hydrogen) atoms. The Balaban J connectivity index is 1.41. The third-order valence-electron chi connectivity index (χ3n) is 6.86. The quantitative estimate of drug-likeness (QED) is 0.581. The highest BCUT2D eigenvalue weighted by molar-refractivity contribution is 7.84. The number of nitrogens with zero attached hydrogens (tertiary/aromatic N) is 4. The van der Waals surface area contributed by atoms with Gasteiger partial charge in [-0.25, -0.2) is 15.1 Å². The second kappa shape index (κ2) is 8.11. The van der Waals surface area contributed by atoms with Crippen molar-refractivity contribution < 1.29 is 17.7 Å². The normalized spacial score (nSPS) is 25.3. The van der Waals surface area contributed by atoms with Gasteiger partial charge in [0.1, 0.15) is 17.8 Å². The molecule has 2 aliphatic carbocycles. The van der Waals surface area contributed by atoms with E-state index in [9.17, 15) is 13.5 Å². The molecule has 10 heteroatoms. The van der Waals surface area contributed by atoms with Crippen molar-refractivity contribution in [2.75, 3.05) is 18.6 Å². The highest BCUT2D eigenvalue weighted by Gasteiger charge is 2.36. The average molecular weight is 458 g/mol. The maximum atomic E-state index is 11.1. The Morgan fingerprint density at radius 1 is 1.25 bits per heavy atom. The van der Waals surface area contributed by atoms with Crippen LogP contribution in [0.1, 0.15) is 42.5 Å². The molecule has 9 nitrogen and oxygen atoms in total. The number of hydrogen-bond acceptors (Lipinski definition) is 7. The number of aliphatic hydroxyl groups is 1. The molecule has 4 atom stereocenters. The molecule has 0 aliphatic heterocycles. The zero-order chi connectivity index (χ0) is 22.5. The second-order valence-electron chi connectivity index (χ2n) is 8.75. The molecule has 170 valence electrons. The maximum absolute atomic E-state index is 11.1. The molecule has 3 aromatic rings. The first-order chi connectivity index (χ1) is 15.3. The number of anilines is 1. The Hall–Kier alpha value is -2.53. The summed E-state index contributed by atoms with van der Waals surface area (Å²) < 4.78 is 29.0. The number of benzene rings is 1. The number of rotatable bonds is 6. The van der Waals surface area contributed by atoms with Crippen molar-refractivity contribution in [3.05, 3.63) is 54.0 Å². The van der Waals surface area contributed by atoms with Crippen molar-refractivity contribution in [1.82, 2.24) is 14.5 Å². The van der Waals surface area contributed by atoms with Gasteiger partial charge in [-0.3, -0.25) is 4.18 Å². The fourth-order valence-corrected chi connectivity index (χ4v) is 5.64. The van der Waals surface area contributed by atoms with Gasteiger partial charge in [0.2, 0.25) is 0 Å². The average Bonchev–Trinajstić information content (AvgIpc) is 3.47. The van der Waals surface area contributed by atoms with Gasteiger partial charge in [-0.05, 0) is 42.9 Å². The summed E-state index contributed by atoms with van der Waals surface area (Å²) in [7, 11) is -1.95. The molecule has 0 amide bonds. The van der Waals surface area contributed by atoms with Crippen molar-refractivity contribution in [2.45, 2.75) is 43.9 Å². The fourth-order valence-electron chi connectivity index (χ4n) is 5.28. The third kappa shape index (κ3) is 3.88. The Morgan fingerprint density at radius 3 is 2.88 bits per heavy atom. The smallest absolute Gasteiger partial charge is 0.333 e. The molecular formula is C22H27N5O4S. The van der Waals surface area contributed by atoms with Crippen molar-refractivity contribution in [1.29, 1.82) is 0 Å². The minimum Gasteiger partial charge on any atom is -0.393 e. The molecule has 1 fully saturated rings. The van der Waals surface area contributed by atoms with E-state index in [0.29, 0.717) is 12.8 Å². The van der Waals surface area contributed by atoms with Gasteiger partial charge in [-0.2, -0.15) is 8.42 Å². The predicted molar refractivity (Wildman–Crippen MR) is 120 cm³/mol. The van der Waals surface area contributed by atoms with Crippen LogP contribution in [0, 0.1) is 5.92 Å². The van der Waals surface area contributed by atoms with Gasteiger partial charge in [0, 0.05) is 25.2 Å². The molecule has 0 bridgehead atoms. The number of aliphatic hydroxyl groups excluding tert-OH is 1. The van der Waals surface area contributed by atoms with Crippen molar-refractivity contribution in [3.8, 4) is 0 Å². The van der Waals surface area contributed by atoms with Crippen molar-refractivity contribution in [2.24, 2.45) is 11.1 Å². The fraction of sp³-hybridized carbons (Fsp3) is 0.455. The van der Waals surface area contributed by atoms with E-state index in [0.717, 1.165) is 29.7 Å². The molecule has 1 aromatic carbocycles. The minimum absolute atomic E-state index is 0.0168. The number of aryl methyl sites for hydroxylation is 1. The summed E-state index contributed by atoms with van der Waals surface area (Å²) in [5.74, 6) is 0.567. The molecule has 2 aromatic heterocycles. The Labute approximate surface area is 187 Å². The lowest BCUT2D eigenvalue weighted by atomic mass is 10.1. The van der Waals surface area contributed by atoms with Crippen molar-refractivity contribution >= 4 is 27.2 Å². The molecule has 0 radical (unpaired) electrons. The molecule has 0 spiro atoms. The largest absolute Gasteiger partial charge is 0.393 e. The van der Waals surface area contributed by atoms with E-state index in [4.69, 9.17) is 9.32 Å². The number of aromatic nitrogens is 3. The molecule has 5 rings (SSSR count). The minimum atomic E-state index is -4.03. The van der Waals surface area contributed by atoms with Gasteiger partial charge >= 0.3 is 10.3 Å². The number of nitrogens with two attached hydrogens (primary N) is 1. The summed E-state index contributed by atoms with van der Waals surface area (Å²) in [6, 6.07) is 10.8. The van der Waals surface area contributed by atoms with Gasteiger partial charge in [0.15, 0.2) is 0 Å². The van der Waals surface area contributed by atoms with E-state index in [-0.39, 0.29) is 24.6 Å². The lowest BCUT2D eigenvalue weighted by Gasteiger charge is -2.27. The Kier molecular flexibility index (Phi) is 5.40. The highest BCUT2D eigenvalue weighted by Crippen LogP contribution is 2.41. The summed E-state index contributed by atoms with van der Waals surface area (Å²) in [4.78, 5) is 11.4. The summed E-state index contributed by atoms with van der Waals surface area (Å²) >= 11 is 0. The first-order valence-corrected chi connectivity index (χ1v) is 12.3. The van der Waals surface area contributed by atoms with Crippen LogP contribution >= 0.6 is 0 Å². The molecule has 3 N–H and O–H groups in total. The van der Waals surface area contributed by atoms with Crippen LogP contribution in [-0.2, 0) is 20.9 Å². The molecule has 0 saturated heterocycles. The van der Waals surface area contributed by atoms with Crippen LogP contribution in [-0.4, -0.2) is 47.8 Å². The van der Waals surface area contributed by atoms with Crippen LogP contribution in [0.25, 0.3) is 11.0 Å². The zero-order valence-electron chi connectivity index (χ0n) is 17.8. The van der Waals surface area contributed by atoms with Gasteiger partial charge in [-0.15, -0.1) is 0 Å². The Bertz CT molecular complexity index is 1240. The highest BCUT2D eigenvalue weighted by atomic mass is 32.2. The standard InChI is InChI=1S/C22H27N5O4S/c1-26(19-7-6-14-4-2-3-5-17(14)19)21-18-8-9-27(22(18)25-13-24-21)16-10-15(20(28)11-16)12-31-32(23,29)30/h2-5,8-9,13,15-16,19-20,28H,6-7,10-12H2,1H3,(H2,23,29,30)/t15-,16+,19-,20-/m0/s1. The lowest BCUT2D eigenvalue weighted by Crippen LogP contribution is -2.24. The van der Waals surface area contributed by atoms with Crippen LogP contribution in [0.15, 0.2) is 42.9 Å². The predicted octanol–water partition coefficient (Wildman–Crippen LogP) is 2.09. The summed E-state index contributed by atoms with van der Waals surface area (Å²) in [5.41, 5.74) is 3.54. The van der Waals surface area contributed by atoms with E-state index in [1.807, 2.05) is 12.3 Å². The number of fused-ring (bicyclic) bond motifs is 2. The molecule has 0 unspecified atom stereocenters. The van der Waals surface area contributed by atoms with E-state index < -0.39 is 16.4 Å². The SMILES string of the molecule is CN(c1ncnc2c1ccn2[C@@H]1C[C@@H](COS(N)(=O)=O)[C@@H](O)C1)[C@H]1CCc2ccccc21. The van der Waals surface area contributed by atoms with Crippen LogP contribution in [0.3, 0.4) is 0 Å². The van der Waals surface area contributed by atoms with E-state index >= 15 is 0 Å². The van der Waals surface area contributed by atoms with Gasteiger partial charge in [-0.1, -0.05) is 24.3 Å². The van der Waals surface area contributed by atoms with Gasteiger partial charge in [0.05, 0.1) is 24.1 Å². The van der Waals surface area contributed by atoms with E-state index in [1.54, 1.807) is 6.33 Å². The van der Waals surface area contributed by atoms with Gasteiger partial charge in [0.25, 0.3) is 0 Å². The number of hydrogen-bond donors (Lipinski definition) is 2. The first-order valence-electron chi connectivity index (χ1n) is 10.8. The van der Waals surface area contributed by atoms with E-state index in [1.165, 1.54) is 11.1 Å². The lowest BCUT2D eigenvalue weighted by molar-refractivity contribution is 0.100. The summed E-state index contributed by atoms with van der Waals surface area (Å²) in [5, 5.41) is 16.3. The van der Waals surface area contributed by atoms with Crippen LogP contribution in [0.2, 0.25) is 0 Å². The van der Waals surface area contributed by atoms with Gasteiger partial charge < -0.3 is 14.6 Å². The molecule has 2 heterocycles. The third-order valence-corrected chi connectivity index (χ3v) is 7.33. The molecular weight excluding hydrogens is 430 g/mol. The maximum Gasteiger partial charge on any atom is 0.333 e. The monoisotopic (exact) mass is 457 g/mol. The van der Waals surface area contributed by atoms with Crippen LogP contribution in [0.5, 0.6) is 0 Å². The van der Waals surface area contributed by atoms with E-state index in [2.05, 4.69) is 50.7 Å². The summed E-state index contributed by atoms with van der Waals surface area (Å²) in [6.07, 6.45) is 6.06. The topological polar surface area (TPSA) is 124 Å². The van der Waals surface area contributed by atoms with Crippen LogP contribution in [0.4, 0.5) is 5.82 Å².